The maximum absolute atomic E-state index is 4.39. The molecule has 1 unspecified atom stereocenters. The van der Waals surface area contributed by atoms with Gasteiger partial charge in [-0.1, -0.05) is 33.6 Å². The van der Waals surface area contributed by atoms with Crippen LogP contribution in [0.1, 0.15) is 45.9 Å². The highest BCUT2D eigenvalue weighted by molar-refractivity contribution is 4.92. The zero-order valence-electron chi connectivity index (χ0n) is 11.7. The van der Waals surface area contributed by atoms with E-state index in [-0.39, 0.29) is 0 Å². The maximum Gasteiger partial charge on any atom is 0.108 e. The van der Waals surface area contributed by atoms with Gasteiger partial charge >= 0.3 is 0 Å². The molecule has 98 valence electrons. The van der Waals surface area contributed by atoms with Gasteiger partial charge in [-0.3, -0.25) is 0 Å². The molecule has 1 atom stereocenters. The van der Waals surface area contributed by atoms with Crippen molar-refractivity contribution in [1.29, 1.82) is 0 Å². The Morgan fingerprint density at radius 2 is 2.00 bits per heavy atom. The van der Waals surface area contributed by atoms with Crippen LogP contribution >= 0.6 is 0 Å². The molecule has 0 fully saturated rings. The normalized spacial score (nSPS) is 13.2. The van der Waals surface area contributed by atoms with Gasteiger partial charge in [-0.2, -0.15) is 0 Å². The summed E-state index contributed by atoms with van der Waals surface area (Å²) < 4.78 is 2.12. The number of rotatable bonds is 8. The Morgan fingerprint density at radius 1 is 1.29 bits per heavy atom. The largest absolute Gasteiger partial charge is 0.338 e. The molecule has 17 heavy (non-hydrogen) atoms. The fraction of sp³-hybridized carbons (Fsp3) is 0.786. The van der Waals surface area contributed by atoms with Crippen molar-refractivity contribution in [3.63, 3.8) is 0 Å². The summed E-state index contributed by atoms with van der Waals surface area (Å²) in [4.78, 5) is 4.39. The van der Waals surface area contributed by atoms with Crippen LogP contribution in [0, 0.1) is 5.92 Å². The Bertz CT molecular complexity index is 302. The van der Waals surface area contributed by atoms with Crippen LogP contribution < -0.4 is 5.32 Å². The summed E-state index contributed by atoms with van der Waals surface area (Å²) in [5.74, 6) is 1.98. The third-order valence-corrected chi connectivity index (χ3v) is 3.68. The summed E-state index contributed by atoms with van der Waals surface area (Å²) in [6.45, 7) is 7.83. The Hall–Kier alpha value is -0.830. The Balaban J connectivity index is 2.52. The molecule has 0 aromatic carbocycles. The van der Waals surface area contributed by atoms with Crippen molar-refractivity contribution in [2.75, 3.05) is 6.54 Å². The van der Waals surface area contributed by atoms with Crippen molar-refractivity contribution in [2.24, 2.45) is 13.0 Å². The first kappa shape index (κ1) is 14.2. The van der Waals surface area contributed by atoms with Gasteiger partial charge in [-0.05, 0) is 18.9 Å². The molecule has 1 N–H and O–H groups in total. The molecule has 3 nitrogen and oxygen atoms in total. The second-order valence-corrected chi connectivity index (χ2v) is 4.73. The zero-order chi connectivity index (χ0) is 12.7. The van der Waals surface area contributed by atoms with E-state index in [1.807, 2.05) is 12.4 Å². The molecular formula is C14H27N3. The van der Waals surface area contributed by atoms with Gasteiger partial charge in [0.05, 0.1) is 0 Å². The zero-order valence-corrected chi connectivity index (χ0v) is 11.7. The summed E-state index contributed by atoms with van der Waals surface area (Å²) in [6.07, 6.45) is 8.68. The lowest BCUT2D eigenvalue weighted by molar-refractivity contribution is 0.320. The summed E-state index contributed by atoms with van der Waals surface area (Å²) in [6, 6.07) is 0.631. The van der Waals surface area contributed by atoms with Crippen LogP contribution in [-0.4, -0.2) is 22.1 Å². The van der Waals surface area contributed by atoms with Gasteiger partial charge in [0.2, 0.25) is 0 Å². The average molecular weight is 237 g/mol. The van der Waals surface area contributed by atoms with Gasteiger partial charge in [-0.25, -0.2) is 4.98 Å². The van der Waals surface area contributed by atoms with Crippen LogP contribution in [0.4, 0.5) is 0 Å². The van der Waals surface area contributed by atoms with Crippen LogP contribution in [0.3, 0.4) is 0 Å². The quantitative estimate of drug-likeness (QED) is 0.753. The van der Waals surface area contributed by atoms with Crippen molar-refractivity contribution in [3.8, 4) is 0 Å². The van der Waals surface area contributed by atoms with Gasteiger partial charge in [0.1, 0.15) is 5.82 Å². The maximum atomic E-state index is 4.39. The van der Waals surface area contributed by atoms with Gasteiger partial charge in [0.25, 0.3) is 0 Å². The minimum absolute atomic E-state index is 0.631. The monoisotopic (exact) mass is 237 g/mol. The highest BCUT2D eigenvalue weighted by Gasteiger charge is 2.17. The molecule has 0 saturated carbocycles. The molecular weight excluding hydrogens is 210 g/mol. The van der Waals surface area contributed by atoms with E-state index in [1.54, 1.807) is 0 Å². The van der Waals surface area contributed by atoms with Crippen molar-refractivity contribution < 1.29 is 0 Å². The molecule has 1 aromatic heterocycles. The van der Waals surface area contributed by atoms with Gasteiger partial charge in [-0.15, -0.1) is 0 Å². The van der Waals surface area contributed by atoms with Crippen LogP contribution in [0.25, 0.3) is 0 Å². The second kappa shape index (κ2) is 7.49. The Morgan fingerprint density at radius 3 is 2.47 bits per heavy atom. The number of hydrogen-bond donors (Lipinski definition) is 1. The van der Waals surface area contributed by atoms with E-state index in [9.17, 15) is 0 Å². The van der Waals surface area contributed by atoms with Crippen LogP contribution in [-0.2, 0) is 13.5 Å². The molecule has 0 amide bonds. The number of aryl methyl sites for hydroxylation is 2. The first-order chi connectivity index (χ1) is 8.22. The van der Waals surface area contributed by atoms with Crippen molar-refractivity contribution in [3.05, 3.63) is 18.2 Å². The van der Waals surface area contributed by atoms with E-state index in [0.29, 0.717) is 6.04 Å². The number of nitrogens with one attached hydrogen (secondary N) is 1. The molecule has 0 aliphatic carbocycles. The van der Waals surface area contributed by atoms with Gasteiger partial charge in [0, 0.05) is 31.9 Å². The van der Waals surface area contributed by atoms with Crippen LogP contribution in [0.2, 0.25) is 0 Å². The highest BCUT2D eigenvalue weighted by Crippen LogP contribution is 2.17. The average Bonchev–Trinajstić information content (AvgIpc) is 2.73. The minimum atomic E-state index is 0.631. The van der Waals surface area contributed by atoms with E-state index in [1.165, 1.54) is 25.1 Å². The third-order valence-electron chi connectivity index (χ3n) is 3.68. The second-order valence-electron chi connectivity index (χ2n) is 4.73. The van der Waals surface area contributed by atoms with E-state index < -0.39 is 0 Å². The molecule has 1 aromatic rings. The van der Waals surface area contributed by atoms with Crippen molar-refractivity contribution in [1.82, 2.24) is 14.9 Å². The predicted octanol–water partition coefficient (Wildman–Crippen LogP) is 2.77. The Kier molecular flexibility index (Phi) is 6.27. The van der Waals surface area contributed by atoms with E-state index in [0.717, 1.165) is 18.9 Å². The molecule has 1 heterocycles. The number of hydrogen-bond acceptors (Lipinski definition) is 2. The number of imidazole rings is 1. The van der Waals surface area contributed by atoms with Gasteiger partial charge < -0.3 is 9.88 Å². The molecule has 0 radical (unpaired) electrons. The highest BCUT2D eigenvalue weighted by atomic mass is 15.0. The van der Waals surface area contributed by atoms with Gasteiger partial charge in [0.15, 0.2) is 0 Å². The summed E-state index contributed by atoms with van der Waals surface area (Å²) >= 11 is 0. The van der Waals surface area contributed by atoms with Crippen molar-refractivity contribution >= 4 is 0 Å². The number of aromatic nitrogens is 2. The predicted molar refractivity (Wildman–Crippen MR) is 73.1 cm³/mol. The van der Waals surface area contributed by atoms with Crippen LogP contribution in [0.15, 0.2) is 12.4 Å². The standard InChI is InChI=1S/C14H27N3/c1-5-12(6-2)13(15-7-3)8-9-14-16-10-11-17(14)4/h10-13,15H,5-9H2,1-4H3. The lowest BCUT2D eigenvalue weighted by Crippen LogP contribution is -2.36. The van der Waals surface area contributed by atoms with Crippen LogP contribution in [0.5, 0.6) is 0 Å². The summed E-state index contributed by atoms with van der Waals surface area (Å²) in [5, 5.41) is 3.63. The molecule has 0 bridgehead atoms. The third kappa shape index (κ3) is 4.15. The van der Waals surface area contributed by atoms with E-state index in [4.69, 9.17) is 0 Å². The minimum Gasteiger partial charge on any atom is -0.338 e. The molecule has 0 aliphatic rings. The first-order valence-corrected chi connectivity index (χ1v) is 6.92. The molecule has 0 spiro atoms. The topological polar surface area (TPSA) is 29.9 Å². The molecule has 0 aliphatic heterocycles. The summed E-state index contributed by atoms with van der Waals surface area (Å²) in [7, 11) is 2.07. The fourth-order valence-corrected chi connectivity index (χ4v) is 2.55. The smallest absolute Gasteiger partial charge is 0.108 e. The molecule has 0 saturated heterocycles. The lowest BCUT2D eigenvalue weighted by Gasteiger charge is -2.26. The van der Waals surface area contributed by atoms with Crippen molar-refractivity contribution in [2.45, 2.75) is 52.5 Å². The van der Waals surface area contributed by atoms with E-state index in [2.05, 4.69) is 42.7 Å². The molecule has 1 rings (SSSR count). The Labute approximate surface area is 106 Å². The fourth-order valence-electron chi connectivity index (χ4n) is 2.55. The summed E-state index contributed by atoms with van der Waals surface area (Å²) in [5.41, 5.74) is 0. The SMILES string of the molecule is CCNC(CCc1nccn1C)C(CC)CC. The lowest BCUT2D eigenvalue weighted by atomic mass is 9.90. The van der Waals surface area contributed by atoms with E-state index >= 15 is 0 Å². The first-order valence-electron chi connectivity index (χ1n) is 6.92. The number of nitrogens with zero attached hydrogens (tertiary/aromatic N) is 2. The molecule has 3 heteroatoms.